The Bertz CT molecular complexity index is 354. The highest BCUT2D eigenvalue weighted by Gasteiger charge is 2.13. The molecule has 114 valence electrons. The summed E-state index contributed by atoms with van der Waals surface area (Å²) in [5, 5.41) is 10.4. The lowest BCUT2D eigenvalue weighted by Crippen LogP contribution is -2.30. The van der Waals surface area contributed by atoms with Gasteiger partial charge in [0.05, 0.1) is 6.10 Å². The molecule has 0 bridgehead atoms. The summed E-state index contributed by atoms with van der Waals surface area (Å²) in [4.78, 5) is 2.35. The van der Waals surface area contributed by atoms with E-state index in [2.05, 4.69) is 56.9 Å². The number of benzene rings is 1. The summed E-state index contributed by atoms with van der Waals surface area (Å²) >= 11 is 0. The lowest BCUT2D eigenvalue weighted by Gasteiger charge is -2.24. The lowest BCUT2D eigenvalue weighted by molar-refractivity contribution is 0.113. The molecule has 0 radical (unpaired) electrons. The highest BCUT2D eigenvalue weighted by molar-refractivity contribution is 5.26. The van der Waals surface area contributed by atoms with E-state index >= 15 is 0 Å². The van der Waals surface area contributed by atoms with Gasteiger partial charge in [-0.05, 0) is 49.4 Å². The Labute approximate surface area is 124 Å². The zero-order chi connectivity index (χ0) is 15.0. The molecule has 0 aliphatic rings. The van der Waals surface area contributed by atoms with Crippen molar-refractivity contribution in [2.24, 2.45) is 0 Å². The van der Waals surface area contributed by atoms with Gasteiger partial charge < -0.3 is 10.0 Å². The van der Waals surface area contributed by atoms with Gasteiger partial charge in [0.1, 0.15) is 0 Å². The van der Waals surface area contributed by atoms with Gasteiger partial charge in [-0.2, -0.15) is 0 Å². The van der Waals surface area contributed by atoms with E-state index in [1.807, 2.05) is 0 Å². The van der Waals surface area contributed by atoms with Gasteiger partial charge in [0.2, 0.25) is 0 Å². The molecule has 0 aromatic heterocycles. The second-order valence-corrected chi connectivity index (χ2v) is 5.79. The van der Waals surface area contributed by atoms with Gasteiger partial charge in [-0.25, -0.2) is 0 Å². The standard InChI is InChI=1S/C18H31NO/c1-5-12-19(13-6-2)14-18(20)17-10-8-16(9-11-17)15(4)7-3/h8-11,15,18,20H,5-7,12-14H2,1-4H3. The van der Waals surface area contributed by atoms with Crippen LogP contribution in [0.1, 0.15) is 70.1 Å². The Morgan fingerprint density at radius 2 is 1.45 bits per heavy atom. The molecule has 0 aliphatic carbocycles. The van der Waals surface area contributed by atoms with E-state index in [4.69, 9.17) is 0 Å². The molecule has 20 heavy (non-hydrogen) atoms. The first kappa shape index (κ1) is 17.2. The van der Waals surface area contributed by atoms with Crippen LogP contribution in [0.2, 0.25) is 0 Å². The number of aliphatic hydroxyl groups excluding tert-OH is 1. The Morgan fingerprint density at radius 1 is 0.950 bits per heavy atom. The minimum Gasteiger partial charge on any atom is -0.387 e. The van der Waals surface area contributed by atoms with Crippen molar-refractivity contribution in [1.29, 1.82) is 0 Å². The van der Waals surface area contributed by atoms with Gasteiger partial charge >= 0.3 is 0 Å². The predicted molar refractivity (Wildman–Crippen MR) is 87.1 cm³/mol. The van der Waals surface area contributed by atoms with Crippen LogP contribution in [-0.2, 0) is 0 Å². The topological polar surface area (TPSA) is 23.5 Å². The van der Waals surface area contributed by atoms with E-state index < -0.39 is 0 Å². The van der Waals surface area contributed by atoms with Crippen LogP contribution in [0.15, 0.2) is 24.3 Å². The van der Waals surface area contributed by atoms with Gasteiger partial charge in [0.15, 0.2) is 0 Å². The van der Waals surface area contributed by atoms with Crippen LogP contribution in [-0.4, -0.2) is 29.6 Å². The summed E-state index contributed by atoms with van der Waals surface area (Å²) in [7, 11) is 0. The van der Waals surface area contributed by atoms with Gasteiger partial charge in [-0.15, -0.1) is 0 Å². The first-order valence-electron chi connectivity index (χ1n) is 8.12. The van der Waals surface area contributed by atoms with Crippen molar-refractivity contribution in [3.05, 3.63) is 35.4 Å². The highest BCUT2D eigenvalue weighted by Crippen LogP contribution is 2.21. The van der Waals surface area contributed by atoms with E-state index in [1.165, 1.54) is 5.56 Å². The van der Waals surface area contributed by atoms with Crippen LogP contribution < -0.4 is 0 Å². The molecular weight excluding hydrogens is 246 g/mol. The Hall–Kier alpha value is -0.860. The van der Waals surface area contributed by atoms with Gasteiger partial charge in [-0.1, -0.05) is 52.0 Å². The predicted octanol–water partition coefficient (Wildman–Crippen LogP) is 4.36. The first-order valence-corrected chi connectivity index (χ1v) is 8.12. The first-order chi connectivity index (χ1) is 9.62. The molecule has 2 heteroatoms. The Kier molecular flexibility index (Phi) is 7.86. The third-order valence-corrected chi connectivity index (χ3v) is 4.01. The minimum atomic E-state index is -0.376. The van der Waals surface area contributed by atoms with Crippen molar-refractivity contribution in [2.75, 3.05) is 19.6 Å². The van der Waals surface area contributed by atoms with Crippen molar-refractivity contribution in [1.82, 2.24) is 4.90 Å². The molecule has 0 heterocycles. The average molecular weight is 277 g/mol. The van der Waals surface area contributed by atoms with E-state index in [0.717, 1.165) is 44.5 Å². The maximum Gasteiger partial charge on any atom is 0.0916 e. The molecule has 1 aromatic rings. The van der Waals surface area contributed by atoms with Crippen LogP contribution in [0.3, 0.4) is 0 Å². The van der Waals surface area contributed by atoms with Crippen molar-refractivity contribution in [3.63, 3.8) is 0 Å². The molecule has 0 spiro atoms. The van der Waals surface area contributed by atoms with E-state index in [9.17, 15) is 5.11 Å². The second kappa shape index (κ2) is 9.15. The van der Waals surface area contributed by atoms with E-state index in [-0.39, 0.29) is 6.10 Å². The fourth-order valence-corrected chi connectivity index (χ4v) is 2.56. The van der Waals surface area contributed by atoms with Crippen LogP contribution in [0.25, 0.3) is 0 Å². The summed E-state index contributed by atoms with van der Waals surface area (Å²) in [5.74, 6) is 0.595. The SMILES string of the molecule is CCCN(CCC)CC(O)c1ccc(C(C)CC)cc1. The summed E-state index contributed by atoms with van der Waals surface area (Å²) in [6, 6.07) is 8.50. The average Bonchev–Trinajstić information content (AvgIpc) is 2.47. The molecule has 2 nitrogen and oxygen atoms in total. The van der Waals surface area contributed by atoms with Gasteiger partial charge in [-0.3, -0.25) is 0 Å². The van der Waals surface area contributed by atoms with Gasteiger partial charge in [0.25, 0.3) is 0 Å². The maximum absolute atomic E-state index is 10.4. The van der Waals surface area contributed by atoms with Crippen LogP contribution in [0.4, 0.5) is 0 Å². The summed E-state index contributed by atoms with van der Waals surface area (Å²) < 4.78 is 0. The number of aliphatic hydroxyl groups is 1. The molecular formula is C18H31NO. The number of nitrogens with zero attached hydrogens (tertiary/aromatic N) is 1. The third-order valence-electron chi connectivity index (χ3n) is 4.01. The zero-order valence-electron chi connectivity index (χ0n) is 13.6. The fraction of sp³-hybridized carbons (Fsp3) is 0.667. The largest absolute Gasteiger partial charge is 0.387 e. The summed E-state index contributed by atoms with van der Waals surface area (Å²) in [6.07, 6.45) is 3.06. The van der Waals surface area contributed by atoms with E-state index in [0.29, 0.717) is 5.92 Å². The third kappa shape index (κ3) is 5.26. The van der Waals surface area contributed by atoms with Crippen LogP contribution in [0, 0.1) is 0 Å². The van der Waals surface area contributed by atoms with Crippen LogP contribution in [0.5, 0.6) is 0 Å². The Balaban J connectivity index is 2.64. The van der Waals surface area contributed by atoms with Crippen molar-refractivity contribution >= 4 is 0 Å². The fourth-order valence-electron chi connectivity index (χ4n) is 2.56. The van der Waals surface area contributed by atoms with Crippen LogP contribution >= 0.6 is 0 Å². The molecule has 1 aromatic carbocycles. The molecule has 1 rings (SSSR count). The van der Waals surface area contributed by atoms with E-state index in [1.54, 1.807) is 0 Å². The number of hydrogen-bond acceptors (Lipinski definition) is 2. The monoisotopic (exact) mass is 277 g/mol. The van der Waals surface area contributed by atoms with Gasteiger partial charge in [0, 0.05) is 6.54 Å². The van der Waals surface area contributed by atoms with Crippen molar-refractivity contribution in [2.45, 2.75) is 59.0 Å². The Morgan fingerprint density at radius 3 is 1.90 bits per heavy atom. The smallest absolute Gasteiger partial charge is 0.0916 e. The molecule has 0 amide bonds. The minimum absolute atomic E-state index is 0.376. The number of hydrogen-bond donors (Lipinski definition) is 1. The molecule has 0 saturated heterocycles. The normalized spacial score (nSPS) is 14.5. The maximum atomic E-state index is 10.4. The number of rotatable bonds is 9. The molecule has 0 saturated carbocycles. The highest BCUT2D eigenvalue weighted by atomic mass is 16.3. The van der Waals surface area contributed by atoms with Crippen molar-refractivity contribution < 1.29 is 5.11 Å². The quantitative estimate of drug-likeness (QED) is 0.725. The van der Waals surface area contributed by atoms with Crippen molar-refractivity contribution in [3.8, 4) is 0 Å². The molecule has 2 unspecified atom stereocenters. The lowest BCUT2D eigenvalue weighted by atomic mass is 9.96. The molecule has 1 N–H and O–H groups in total. The zero-order valence-corrected chi connectivity index (χ0v) is 13.6. The molecule has 0 fully saturated rings. The summed E-state index contributed by atoms with van der Waals surface area (Å²) in [5.41, 5.74) is 2.40. The summed E-state index contributed by atoms with van der Waals surface area (Å²) in [6.45, 7) is 11.7. The molecule has 2 atom stereocenters. The second-order valence-electron chi connectivity index (χ2n) is 5.79. The molecule has 0 aliphatic heterocycles.